The Morgan fingerprint density at radius 3 is 2.69 bits per heavy atom. The van der Waals surface area contributed by atoms with Crippen LogP contribution in [0, 0.1) is 19.7 Å². The van der Waals surface area contributed by atoms with Crippen LogP contribution in [-0.2, 0) is 6.42 Å². The number of anilines is 1. The molecule has 0 bridgehead atoms. The molecule has 0 saturated carbocycles. The number of benzene rings is 2. The maximum Gasteiger partial charge on any atom is 0.261 e. The lowest BCUT2D eigenvalue weighted by Gasteiger charge is -2.31. The standard InChI is InChI=1S/C21H20FN3O/c1-14-11-17(22)12-16-7-6-10-24(20(14)16)21(26)19-13-23-25(15(19)2)18-8-4-3-5-9-18/h3-5,8-9,11-13H,6-7,10H2,1-2H3. The summed E-state index contributed by atoms with van der Waals surface area (Å²) in [6.45, 7) is 4.39. The molecule has 4 nitrogen and oxygen atoms in total. The molecule has 0 radical (unpaired) electrons. The van der Waals surface area contributed by atoms with Gasteiger partial charge in [0.2, 0.25) is 0 Å². The summed E-state index contributed by atoms with van der Waals surface area (Å²) in [5.41, 5.74) is 4.82. The van der Waals surface area contributed by atoms with Crippen molar-refractivity contribution < 1.29 is 9.18 Å². The Morgan fingerprint density at radius 2 is 1.92 bits per heavy atom. The van der Waals surface area contributed by atoms with Gasteiger partial charge >= 0.3 is 0 Å². The highest BCUT2D eigenvalue weighted by Gasteiger charge is 2.28. The number of carbonyl (C=O) groups excluding carboxylic acids is 1. The quantitative estimate of drug-likeness (QED) is 0.695. The second-order valence-corrected chi connectivity index (χ2v) is 6.68. The predicted molar refractivity (Wildman–Crippen MR) is 99.4 cm³/mol. The molecule has 0 atom stereocenters. The average molecular weight is 349 g/mol. The minimum atomic E-state index is -0.247. The van der Waals surface area contributed by atoms with Crippen molar-refractivity contribution in [3.8, 4) is 5.69 Å². The van der Waals surface area contributed by atoms with E-state index in [2.05, 4.69) is 5.10 Å². The van der Waals surface area contributed by atoms with Crippen LogP contribution in [0.1, 0.15) is 33.6 Å². The fraction of sp³-hybridized carbons (Fsp3) is 0.238. The zero-order valence-corrected chi connectivity index (χ0v) is 14.9. The van der Waals surface area contributed by atoms with E-state index in [4.69, 9.17) is 0 Å². The van der Waals surface area contributed by atoms with Gasteiger partial charge in [-0.1, -0.05) is 18.2 Å². The summed E-state index contributed by atoms with van der Waals surface area (Å²) in [6, 6.07) is 12.8. The summed E-state index contributed by atoms with van der Waals surface area (Å²) in [7, 11) is 0. The van der Waals surface area contributed by atoms with Gasteiger partial charge in [0.05, 0.1) is 28.8 Å². The molecule has 26 heavy (non-hydrogen) atoms. The summed E-state index contributed by atoms with van der Waals surface area (Å²) in [5.74, 6) is -0.330. The first-order valence-corrected chi connectivity index (χ1v) is 8.77. The van der Waals surface area contributed by atoms with E-state index in [1.165, 1.54) is 6.07 Å². The summed E-state index contributed by atoms with van der Waals surface area (Å²) in [6.07, 6.45) is 3.24. The number of rotatable bonds is 2. The summed E-state index contributed by atoms with van der Waals surface area (Å²) in [4.78, 5) is 15.0. The third-order valence-corrected chi connectivity index (χ3v) is 4.93. The predicted octanol–water partition coefficient (Wildman–Crippen LogP) is 4.22. The highest BCUT2D eigenvalue weighted by atomic mass is 19.1. The number of amides is 1. The Balaban J connectivity index is 1.74. The minimum Gasteiger partial charge on any atom is -0.308 e. The molecule has 0 N–H and O–H groups in total. The van der Waals surface area contributed by atoms with Gasteiger partial charge in [0.1, 0.15) is 5.82 Å². The highest BCUT2D eigenvalue weighted by Crippen LogP contribution is 2.33. The Labute approximate surface area is 151 Å². The Hall–Kier alpha value is -2.95. The Kier molecular flexibility index (Phi) is 4.07. The molecule has 132 valence electrons. The second kappa shape index (κ2) is 6.41. The van der Waals surface area contributed by atoms with Gasteiger partial charge < -0.3 is 4.90 Å². The van der Waals surface area contributed by atoms with Gasteiger partial charge in [-0.15, -0.1) is 0 Å². The maximum atomic E-state index is 13.7. The van der Waals surface area contributed by atoms with Crippen molar-refractivity contribution in [2.24, 2.45) is 0 Å². The number of hydrogen-bond acceptors (Lipinski definition) is 2. The topological polar surface area (TPSA) is 38.1 Å². The lowest BCUT2D eigenvalue weighted by molar-refractivity contribution is 0.0984. The van der Waals surface area contributed by atoms with Crippen LogP contribution in [0.4, 0.5) is 10.1 Å². The molecule has 0 spiro atoms. The molecule has 4 rings (SSSR count). The molecule has 5 heteroatoms. The van der Waals surface area contributed by atoms with Crippen molar-refractivity contribution >= 4 is 11.6 Å². The van der Waals surface area contributed by atoms with Crippen molar-refractivity contribution in [1.29, 1.82) is 0 Å². The highest BCUT2D eigenvalue weighted by molar-refractivity contribution is 6.07. The van der Waals surface area contributed by atoms with Gasteiger partial charge in [-0.05, 0) is 62.1 Å². The van der Waals surface area contributed by atoms with Gasteiger partial charge in [-0.2, -0.15) is 5.10 Å². The van der Waals surface area contributed by atoms with Gasteiger partial charge in [0.25, 0.3) is 5.91 Å². The number of carbonyl (C=O) groups is 1. The largest absolute Gasteiger partial charge is 0.308 e. The van der Waals surface area contributed by atoms with E-state index in [9.17, 15) is 9.18 Å². The average Bonchev–Trinajstić information content (AvgIpc) is 3.02. The van der Waals surface area contributed by atoms with Crippen LogP contribution in [0.3, 0.4) is 0 Å². The maximum absolute atomic E-state index is 13.7. The van der Waals surface area contributed by atoms with E-state index in [1.807, 2.05) is 44.2 Å². The second-order valence-electron chi connectivity index (χ2n) is 6.68. The number of nitrogens with zero attached hydrogens (tertiary/aromatic N) is 3. The Morgan fingerprint density at radius 1 is 1.15 bits per heavy atom. The number of aromatic nitrogens is 2. The van der Waals surface area contributed by atoms with Crippen LogP contribution in [0.15, 0.2) is 48.7 Å². The third kappa shape index (κ3) is 2.69. The van der Waals surface area contributed by atoms with Gasteiger partial charge in [-0.3, -0.25) is 4.79 Å². The zero-order chi connectivity index (χ0) is 18.3. The monoisotopic (exact) mass is 349 g/mol. The molecule has 0 saturated heterocycles. The van der Waals surface area contributed by atoms with Crippen molar-refractivity contribution in [3.05, 3.63) is 76.9 Å². The molecule has 1 aliphatic rings. The normalized spacial score (nSPS) is 13.6. The van der Waals surface area contributed by atoms with E-state index in [0.29, 0.717) is 12.1 Å². The van der Waals surface area contributed by atoms with Gasteiger partial charge in [-0.25, -0.2) is 9.07 Å². The number of halogens is 1. The van der Waals surface area contributed by atoms with E-state index < -0.39 is 0 Å². The van der Waals surface area contributed by atoms with E-state index in [1.54, 1.807) is 21.8 Å². The lowest BCUT2D eigenvalue weighted by atomic mass is 9.97. The van der Waals surface area contributed by atoms with Crippen LogP contribution in [0.2, 0.25) is 0 Å². The molecule has 1 aliphatic heterocycles. The fourth-order valence-electron chi connectivity index (χ4n) is 3.72. The molecule has 0 aliphatic carbocycles. The van der Waals surface area contributed by atoms with E-state index >= 15 is 0 Å². The Bertz CT molecular complexity index is 978. The van der Waals surface area contributed by atoms with Crippen LogP contribution >= 0.6 is 0 Å². The minimum absolute atomic E-state index is 0.0830. The first-order valence-electron chi connectivity index (χ1n) is 8.77. The molecule has 1 aromatic heterocycles. The van der Waals surface area contributed by atoms with Crippen LogP contribution in [-0.4, -0.2) is 22.2 Å². The smallest absolute Gasteiger partial charge is 0.261 e. The lowest BCUT2D eigenvalue weighted by Crippen LogP contribution is -2.36. The molecule has 3 aromatic rings. The van der Waals surface area contributed by atoms with Crippen molar-refractivity contribution in [1.82, 2.24) is 9.78 Å². The van der Waals surface area contributed by atoms with E-state index in [-0.39, 0.29) is 11.7 Å². The molecular weight excluding hydrogens is 329 g/mol. The van der Waals surface area contributed by atoms with Crippen LogP contribution < -0.4 is 4.90 Å². The van der Waals surface area contributed by atoms with Crippen molar-refractivity contribution in [2.45, 2.75) is 26.7 Å². The first-order chi connectivity index (χ1) is 12.6. The third-order valence-electron chi connectivity index (χ3n) is 4.93. The molecule has 1 amide bonds. The summed E-state index contributed by atoms with van der Waals surface area (Å²) >= 11 is 0. The fourth-order valence-corrected chi connectivity index (χ4v) is 3.72. The molecule has 2 aromatic carbocycles. The van der Waals surface area contributed by atoms with Gasteiger partial charge in [0, 0.05) is 6.54 Å². The van der Waals surface area contributed by atoms with Crippen molar-refractivity contribution in [3.63, 3.8) is 0 Å². The zero-order valence-electron chi connectivity index (χ0n) is 14.9. The van der Waals surface area contributed by atoms with Crippen LogP contribution in [0.5, 0.6) is 0 Å². The molecule has 2 heterocycles. The van der Waals surface area contributed by atoms with E-state index in [0.717, 1.165) is 41.0 Å². The molecular formula is C21H20FN3O. The number of aryl methyl sites for hydroxylation is 2. The van der Waals surface area contributed by atoms with Gasteiger partial charge in [0.15, 0.2) is 0 Å². The molecule has 0 fully saturated rings. The van der Waals surface area contributed by atoms with Crippen LogP contribution in [0.25, 0.3) is 5.69 Å². The number of hydrogen-bond donors (Lipinski definition) is 0. The number of para-hydroxylation sites is 1. The van der Waals surface area contributed by atoms with Crippen molar-refractivity contribution in [2.75, 3.05) is 11.4 Å². The number of fused-ring (bicyclic) bond motifs is 1. The summed E-state index contributed by atoms with van der Waals surface area (Å²) in [5, 5.41) is 4.40. The SMILES string of the molecule is Cc1cc(F)cc2c1N(C(=O)c1cnn(-c3ccccc3)c1C)CCC2. The molecule has 0 unspecified atom stereocenters. The summed E-state index contributed by atoms with van der Waals surface area (Å²) < 4.78 is 15.5. The first kappa shape index (κ1) is 16.5.